The Bertz CT molecular complexity index is 402. The Kier molecular flexibility index (Phi) is 5.58. The third-order valence-electron chi connectivity index (χ3n) is 4.22. The number of hydrogen-bond donors (Lipinski definition) is 1. The lowest BCUT2D eigenvalue weighted by atomic mass is 9.97. The van der Waals surface area contributed by atoms with E-state index in [1.54, 1.807) is 0 Å². The minimum atomic E-state index is 0.281. The van der Waals surface area contributed by atoms with Crippen LogP contribution in [0.2, 0.25) is 0 Å². The molecule has 0 spiro atoms. The van der Waals surface area contributed by atoms with Crippen molar-refractivity contribution in [2.45, 2.75) is 38.3 Å². The molecule has 1 aromatic rings. The molecule has 20 heavy (non-hydrogen) atoms. The largest absolute Gasteiger partial charge is 0.374 e. The van der Waals surface area contributed by atoms with Gasteiger partial charge in [0.05, 0.1) is 12.7 Å². The lowest BCUT2D eigenvalue weighted by molar-refractivity contribution is -0.0372. The van der Waals surface area contributed by atoms with Crippen LogP contribution < -0.4 is 5.32 Å². The van der Waals surface area contributed by atoms with Crippen LogP contribution in [-0.2, 0) is 11.2 Å². The highest BCUT2D eigenvalue weighted by Gasteiger charge is 2.25. The van der Waals surface area contributed by atoms with Crippen LogP contribution >= 0.6 is 0 Å². The highest BCUT2D eigenvalue weighted by atomic mass is 16.5. The predicted octanol–water partition coefficient (Wildman–Crippen LogP) is 2.27. The summed E-state index contributed by atoms with van der Waals surface area (Å²) >= 11 is 0. The van der Waals surface area contributed by atoms with Gasteiger partial charge in [0.25, 0.3) is 0 Å². The Morgan fingerprint density at radius 3 is 2.55 bits per heavy atom. The Balaban J connectivity index is 1.98. The normalized spacial score (nSPS) is 22.1. The van der Waals surface area contributed by atoms with Crippen LogP contribution in [0, 0.1) is 0 Å². The maximum absolute atomic E-state index is 5.93. The second-order valence-electron chi connectivity index (χ2n) is 6.17. The summed E-state index contributed by atoms with van der Waals surface area (Å²) in [7, 11) is 4.20. The molecule has 1 aliphatic rings. The van der Waals surface area contributed by atoms with E-state index in [4.69, 9.17) is 4.74 Å². The van der Waals surface area contributed by atoms with Gasteiger partial charge in [-0.2, -0.15) is 0 Å². The molecule has 2 atom stereocenters. The van der Waals surface area contributed by atoms with E-state index in [2.05, 4.69) is 55.4 Å². The first-order valence-corrected chi connectivity index (χ1v) is 7.66. The topological polar surface area (TPSA) is 24.5 Å². The van der Waals surface area contributed by atoms with E-state index in [1.807, 2.05) is 7.05 Å². The van der Waals surface area contributed by atoms with Gasteiger partial charge >= 0.3 is 0 Å². The summed E-state index contributed by atoms with van der Waals surface area (Å²) < 4.78 is 5.93. The van der Waals surface area contributed by atoms with Crippen LogP contribution in [0.4, 0.5) is 0 Å². The molecule has 1 aliphatic heterocycles. The van der Waals surface area contributed by atoms with E-state index >= 15 is 0 Å². The van der Waals surface area contributed by atoms with Gasteiger partial charge in [-0.1, -0.05) is 38.1 Å². The molecule has 0 bridgehead atoms. The molecule has 0 aliphatic carbocycles. The Labute approximate surface area is 123 Å². The number of morpholine rings is 1. The molecule has 3 nitrogen and oxygen atoms in total. The van der Waals surface area contributed by atoms with Crippen molar-refractivity contribution in [2.24, 2.45) is 0 Å². The van der Waals surface area contributed by atoms with Crippen molar-refractivity contribution >= 4 is 0 Å². The highest BCUT2D eigenvalue weighted by molar-refractivity contribution is 5.25. The van der Waals surface area contributed by atoms with Gasteiger partial charge in [-0.25, -0.2) is 0 Å². The summed E-state index contributed by atoms with van der Waals surface area (Å²) in [6.45, 7) is 7.35. The van der Waals surface area contributed by atoms with Crippen LogP contribution in [0.5, 0.6) is 0 Å². The van der Waals surface area contributed by atoms with Crippen LogP contribution in [0.15, 0.2) is 24.3 Å². The van der Waals surface area contributed by atoms with Crippen molar-refractivity contribution in [1.82, 2.24) is 10.2 Å². The summed E-state index contributed by atoms with van der Waals surface area (Å²) in [6.07, 6.45) is 1.30. The van der Waals surface area contributed by atoms with Crippen molar-refractivity contribution in [1.29, 1.82) is 0 Å². The summed E-state index contributed by atoms with van der Waals surface area (Å²) in [5.41, 5.74) is 2.79. The smallest absolute Gasteiger partial charge is 0.0858 e. The summed E-state index contributed by atoms with van der Waals surface area (Å²) in [4.78, 5) is 2.35. The SMILES string of the molecule is CNC(Cc1ccc(C(C)C)cc1)C1CN(C)CCO1. The zero-order valence-corrected chi connectivity index (χ0v) is 13.2. The molecular weight excluding hydrogens is 248 g/mol. The molecule has 1 aromatic carbocycles. The maximum atomic E-state index is 5.93. The monoisotopic (exact) mass is 276 g/mol. The lowest BCUT2D eigenvalue weighted by Gasteiger charge is -2.35. The average Bonchev–Trinajstić information content (AvgIpc) is 2.45. The molecule has 0 saturated carbocycles. The molecular formula is C17H28N2O. The van der Waals surface area contributed by atoms with Crippen LogP contribution in [0.3, 0.4) is 0 Å². The Hall–Kier alpha value is -0.900. The molecule has 0 amide bonds. The number of nitrogens with zero attached hydrogens (tertiary/aromatic N) is 1. The van der Waals surface area contributed by atoms with Gasteiger partial charge < -0.3 is 15.0 Å². The first-order chi connectivity index (χ1) is 9.60. The van der Waals surface area contributed by atoms with Crippen molar-refractivity contribution in [3.63, 3.8) is 0 Å². The van der Waals surface area contributed by atoms with E-state index < -0.39 is 0 Å². The van der Waals surface area contributed by atoms with E-state index in [1.165, 1.54) is 11.1 Å². The van der Waals surface area contributed by atoms with Gasteiger partial charge in [-0.05, 0) is 37.6 Å². The Morgan fingerprint density at radius 2 is 2.00 bits per heavy atom. The molecule has 0 aromatic heterocycles. The summed E-state index contributed by atoms with van der Waals surface area (Å²) in [6, 6.07) is 9.39. The zero-order valence-electron chi connectivity index (χ0n) is 13.2. The number of rotatable bonds is 5. The van der Waals surface area contributed by atoms with Gasteiger partial charge in [0.15, 0.2) is 0 Å². The highest BCUT2D eigenvalue weighted by Crippen LogP contribution is 2.17. The summed E-state index contributed by atoms with van der Waals surface area (Å²) in [5.74, 6) is 0.597. The van der Waals surface area contributed by atoms with Crippen molar-refractivity contribution in [3.05, 3.63) is 35.4 Å². The van der Waals surface area contributed by atoms with Crippen molar-refractivity contribution in [2.75, 3.05) is 33.8 Å². The standard InChI is InChI=1S/C17H28N2O/c1-13(2)15-7-5-14(6-8-15)11-16(18-3)17-12-19(4)9-10-20-17/h5-8,13,16-18H,9-12H2,1-4H3. The fourth-order valence-electron chi connectivity index (χ4n) is 2.77. The lowest BCUT2D eigenvalue weighted by Crippen LogP contribution is -2.51. The fourth-order valence-corrected chi connectivity index (χ4v) is 2.77. The number of hydrogen-bond acceptors (Lipinski definition) is 3. The predicted molar refractivity (Wildman–Crippen MR) is 84.3 cm³/mol. The molecule has 0 radical (unpaired) electrons. The minimum absolute atomic E-state index is 0.281. The third-order valence-corrected chi connectivity index (χ3v) is 4.22. The van der Waals surface area contributed by atoms with E-state index in [0.29, 0.717) is 12.0 Å². The van der Waals surface area contributed by atoms with E-state index in [-0.39, 0.29) is 6.10 Å². The van der Waals surface area contributed by atoms with Gasteiger partial charge in [0, 0.05) is 19.1 Å². The second kappa shape index (κ2) is 7.21. The number of ether oxygens (including phenoxy) is 1. The Morgan fingerprint density at radius 1 is 1.30 bits per heavy atom. The first-order valence-electron chi connectivity index (χ1n) is 7.66. The van der Waals surface area contributed by atoms with Crippen LogP contribution in [-0.4, -0.2) is 50.8 Å². The molecule has 112 valence electrons. The third kappa shape index (κ3) is 4.05. The average molecular weight is 276 g/mol. The van der Waals surface area contributed by atoms with Crippen molar-refractivity contribution in [3.8, 4) is 0 Å². The van der Waals surface area contributed by atoms with Crippen LogP contribution in [0.25, 0.3) is 0 Å². The summed E-state index contributed by atoms with van der Waals surface area (Å²) in [5, 5.41) is 3.43. The van der Waals surface area contributed by atoms with Crippen molar-refractivity contribution < 1.29 is 4.74 Å². The number of nitrogens with one attached hydrogen (secondary N) is 1. The van der Waals surface area contributed by atoms with E-state index in [0.717, 1.165) is 26.1 Å². The number of benzene rings is 1. The molecule has 2 unspecified atom stereocenters. The van der Waals surface area contributed by atoms with Gasteiger partial charge in [0.2, 0.25) is 0 Å². The molecule has 1 fully saturated rings. The maximum Gasteiger partial charge on any atom is 0.0858 e. The van der Waals surface area contributed by atoms with Crippen LogP contribution in [0.1, 0.15) is 30.9 Å². The molecule has 2 rings (SSSR count). The second-order valence-corrected chi connectivity index (χ2v) is 6.17. The quantitative estimate of drug-likeness (QED) is 0.893. The fraction of sp³-hybridized carbons (Fsp3) is 0.647. The molecule has 3 heteroatoms. The van der Waals surface area contributed by atoms with Gasteiger partial charge in [-0.3, -0.25) is 0 Å². The molecule has 1 saturated heterocycles. The first kappa shape index (κ1) is 15.5. The molecule has 1 N–H and O–H groups in total. The number of likely N-dealkylation sites (N-methyl/N-ethyl adjacent to an activating group) is 2. The molecule has 1 heterocycles. The minimum Gasteiger partial charge on any atom is -0.374 e. The van der Waals surface area contributed by atoms with Gasteiger partial charge in [-0.15, -0.1) is 0 Å². The van der Waals surface area contributed by atoms with E-state index in [9.17, 15) is 0 Å². The zero-order chi connectivity index (χ0) is 14.5. The van der Waals surface area contributed by atoms with Gasteiger partial charge in [0.1, 0.15) is 0 Å².